The van der Waals surface area contributed by atoms with Crippen molar-refractivity contribution in [3.8, 4) is 17.0 Å². The van der Waals surface area contributed by atoms with Crippen LogP contribution in [0, 0.1) is 0 Å². The van der Waals surface area contributed by atoms with Gasteiger partial charge in [0.1, 0.15) is 17.8 Å². The van der Waals surface area contributed by atoms with E-state index in [0.29, 0.717) is 30.1 Å². The Labute approximate surface area is 175 Å². The summed E-state index contributed by atoms with van der Waals surface area (Å²) in [6.07, 6.45) is 5.13. The highest BCUT2D eigenvalue weighted by molar-refractivity contribution is 5.76. The number of aliphatic hydroxyl groups is 1. The maximum absolute atomic E-state index is 13.1. The van der Waals surface area contributed by atoms with Crippen LogP contribution in [0.15, 0.2) is 41.5 Å². The molecule has 0 spiro atoms. The first-order valence-corrected chi connectivity index (χ1v) is 10.2. The number of ether oxygens (including phenoxy) is 1. The first kappa shape index (κ1) is 21.6. The van der Waals surface area contributed by atoms with E-state index in [2.05, 4.69) is 12.0 Å². The first-order chi connectivity index (χ1) is 14.5. The second-order valence-electron chi connectivity index (χ2n) is 7.07. The number of aromatic nitrogens is 3. The Balaban J connectivity index is 1.99. The Morgan fingerprint density at radius 2 is 1.93 bits per heavy atom. The van der Waals surface area contributed by atoms with E-state index in [1.54, 1.807) is 36.5 Å². The number of hydrogen-bond donors (Lipinski definition) is 1. The molecule has 0 saturated carbocycles. The average molecular weight is 412 g/mol. The molecule has 8 heteroatoms. The van der Waals surface area contributed by atoms with Crippen LogP contribution in [0.5, 0.6) is 5.75 Å². The van der Waals surface area contributed by atoms with Crippen molar-refractivity contribution < 1.29 is 14.6 Å². The third-order valence-electron chi connectivity index (χ3n) is 5.20. The fourth-order valence-corrected chi connectivity index (χ4v) is 3.46. The lowest BCUT2D eigenvalue weighted by Gasteiger charge is -2.21. The van der Waals surface area contributed by atoms with Crippen LogP contribution in [0.3, 0.4) is 0 Å². The largest absolute Gasteiger partial charge is 0.497 e. The summed E-state index contributed by atoms with van der Waals surface area (Å²) in [5, 5.41) is 14.5. The zero-order valence-electron chi connectivity index (χ0n) is 17.7. The minimum absolute atomic E-state index is 0.0409. The van der Waals surface area contributed by atoms with Crippen molar-refractivity contribution >= 4 is 11.4 Å². The number of nitrogens with zero attached hydrogens (tertiary/aromatic N) is 4. The molecular weight excluding hydrogens is 384 g/mol. The van der Waals surface area contributed by atoms with Crippen molar-refractivity contribution in [1.82, 2.24) is 19.1 Å². The maximum Gasteiger partial charge on any atom is 0.277 e. The Bertz CT molecular complexity index is 1070. The minimum atomic E-state index is -0.353. The van der Waals surface area contributed by atoms with Crippen molar-refractivity contribution in [1.29, 1.82) is 0 Å². The van der Waals surface area contributed by atoms with Crippen molar-refractivity contribution in [2.75, 3.05) is 20.2 Å². The normalized spacial score (nSPS) is 11.1. The monoisotopic (exact) mass is 412 g/mol. The standard InChI is InChI=1S/C22H28N4O4/c1-4-6-11-24(5-2)19(28)14-25-12-13-26-21(22(25)29)18(15-27)20(23-26)16-7-9-17(30-3)10-8-16/h7-10,12-13,27H,4-6,11,14-15H2,1-3H3. The van der Waals surface area contributed by atoms with Gasteiger partial charge in [0, 0.05) is 36.6 Å². The van der Waals surface area contributed by atoms with Crippen molar-refractivity contribution in [3.05, 3.63) is 52.6 Å². The highest BCUT2D eigenvalue weighted by atomic mass is 16.5. The molecule has 8 nitrogen and oxygen atoms in total. The van der Waals surface area contributed by atoms with Gasteiger partial charge in [0.25, 0.3) is 5.56 Å². The number of hydrogen-bond acceptors (Lipinski definition) is 5. The molecule has 2 aromatic heterocycles. The Hall–Kier alpha value is -3.13. The molecule has 0 aliphatic rings. The molecule has 0 radical (unpaired) electrons. The van der Waals surface area contributed by atoms with Gasteiger partial charge in [-0.1, -0.05) is 13.3 Å². The number of carbonyl (C=O) groups excluding carboxylic acids is 1. The molecule has 0 aliphatic carbocycles. The molecule has 160 valence electrons. The topological polar surface area (TPSA) is 89.1 Å². The third-order valence-corrected chi connectivity index (χ3v) is 5.20. The smallest absolute Gasteiger partial charge is 0.277 e. The zero-order valence-corrected chi connectivity index (χ0v) is 17.7. The van der Waals surface area contributed by atoms with Gasteiger partial charge in [0.15, 0.2) is 0 Å². The summed E-state index contributed by atoms with van der Waals surface area (Å²) in [5.41, 5.74) is 1.65. The molecule has 0 saturated heterocycles. The predicted octanol–water partition coefficient (Wildman–Crippen LogP) is 2.31. The fourth-order valence-electron chi connectivity index (χ4n) is 3.46. The number of carbonyl (C=O) groups is 1. The van der Waals surface area contributed by atoms with Crippen LogP contribution in [0.1, 0.15) is 32.3 Å². The molecule has 0 atom stereocenters. The molecule has 0 fully saturated rings. The zero-order chi connectivity index (χ0) is 21.7. The van der Waals surface area contributed by atoms with Crippen LogP contribution >= 0.6 is 0 Å². The van der Waals surface area contributed by atoms with E-state index in [4.69, 9.17) is 4.74 Å². The van der Waals surface area contributed by atoms with Crippen LogP contribution in [0.25, 0.3) is 16.8 Å². The lowest BCUT2D eigenvalue weighted by Crippen LogP contribution is -2.37. The summed E-state index contributed by atoms with van der Waals surface area (Å²) < 4.78 is 8.02. The molecule has 3 rings (SSSR count). The SMILES string of the molecule is CCCCN(CC)C(=O)Cn1ccn2nc(-c3ccc(OC)cc3)c(CO)c2c1=O. The van der Waals surface area contributed by atoms with Gasteiger partial charge < -0.3 is 19.3 Å². The number of likely N-dealkylation sites (N-methyl/N-ethyl adjacent to an activating group) is 1. The van der Waals surface area contributed by atoms with Gasteiger partial charge in [-0.25, -0.2) is 4.52 Å². The van der Waals surface area contributed by atoms with Crippen LogP contribution < -0.4 is 10.3 Å². The van der Waals surface area contributed by atoms with Crippen molar-refractivity contribution in [2.24, 2.45) is 0 Å². The minimum Gasteiger partial charge on any atom is -0.497 e. The molecule has 0 unspecified atom stereocenters. The van der Waals surface area contributed by atoms with E-state index in [9.17, 15) is 14.7 Å². The highest BCUT2D eigenvalue weighted by Crippen LogP contribution is 2.26. The third kappa shape index (κ3) is 4.23. The number of rotatable bonds is 9. The molecule has 2 heterocycles. The van der Waals surface area contributed by atoms with Crippen LogP contribution in [-0.4, -0.2) is 50.3 Å². The second-order valence-corrected chi connectivity index (χ2v) is 7.07. The molecule has 1 amide bonds. The quantitative estimate of drug-likeness (QED) is 0.583. The first-order valence-electron chi connectivity index (χ1n) is 10.2. The summed E-state index contributed by atoms with van der Waals surface area (Å²) >= 11 is 0. The molecule has 3 aromatic rings. The van der Waals surface area contributed by atoms with Gasteiger partial charge >= 0.3 is 0 Å². The number of unbranched alkanes of at least 4 members (excludes halogenated alkanes) is 1. The fraction of sp³-hybridized carbons (Fsp3) is 0.409. The second kappa shape index (κ2) is 9.58. The molecular formula is C22H28N4O4. The van der Waals surface area contributed by atoms with E-state index < -0.39 is 0 Å². The van der Waals surface area contributed by atoms with E-state index in [1.807, 2.05) is 19.1 Å². The van der Waals surface area contributed by atoms with E-state index >= 15 is 0 Å². The number of fused-ring (bicyclic) bond motifs is 1. The van der Waals surface area contributed by atoms with E-state index in [0.717, 1.165) is 18.4 Å². The predicted molar refractivity (Wildman–Crippen MR) is 115 cm³/mol. The number of methoxy groups -OCH3 is 1. The van der Waals surface area contributed by atoms with Gasteiger partial charge in [0.2, 0.25) is 5.91 Å². The summed E-state index contributed by atoms with van der Waals surface area (Å²) in [7, 11) is 1.59. The van der Waals surface area contributed by atoms with Gasteiger partial charge in [-0.15, -0.1) is 0 Å². The Morgan fingerprint density at radius 3 is 2.53 bits per heavy atom. The number of amides is 1. The number of aliphatic hydroxyl groups excluding tert-OH is 1. The Kier molecular flexibility index (Phi) is 6.89. The van der Waals surface area contributed by atoms with Crippen molar-refractivity contribution in [3.63, 3.8) is 0 Å². The average Bonchev–Trinajstić information content (AvgIpc) is 3.15. The molecule has 0 aliphatic heterocycles. The van der Waals surface area contributed by atoms with E-state index in [-0.39, 0.29) is 30.1 Å². The summed E-state index contributed by atoms with van der Waals surface area (Å²) in [4.78, 5) is 27.5. The molecule has 30 heavy (non-hydrogen) atoms. The van der Waals surface area contributed by atoms with E-state index in [1.165, 1.54) is 9.08 Å². The van der Waals surface area contributed by atoms with Crippen LogP contribution in [-0.2, 0) is 17.9 Å². The lowest BCUT2D eigenvalue weighted by atomic mass is 10.1. The highest BCUT2D eigenvalue weighted by Gasteiger charge is 2.19. The maximum atomic E-state index is 13.1. The van der Waals surface area contributed by atoms with Gasteiger partial charge in [-0.05, 0) is 37.6 Å². The summed E-state index contributed by atoms with van der Waals surface area (Å²) in [6.45, 7) is 4.91. The van der Waals surface area contributed by atoms with Crippen molar-refractivity contribution in [2.45, 2.75) is 39.8 Å². The summed E-state index contributed by atoms with van der Waals surface area (Å²) in [6, 6.07) is 7.25. The molecule has 1 aromatic carbocycles. The van der Waals surface area contributed by atoms with Gasteiger partial charge in [-0.3, -0.25) is 9.59 Å². The molecule has 0 bridgehead atoms. The lowest BCUT2D eigenvalue weighted by molar-refractivity contribution is -0.131. The summed E-state index contributed by atoms with van der Waals surface area (Å²) in [5.74, 6) is 0.607. The van der Waals surface area contributed by atoms with Crippen LogP contribution in [0.2, 0.25) is 0 Å². The number of benzene rings is 1. The van der Waals surface area contributed by atoms with Gasteiger partial charge in [0.05, 0.1) is 19.4 Å². The van der Waals surface area contributed by atoms with Gasteiger partial charge in [-0.2, -0.15) is 5.10 Å². The molecule has 1 N–H and O–H groups in total. The Morgan fingerprint density at radius 1 is 1.20 bits per heavy atom. The van der Waals surface area contributed by atoms with Crippen LogP contribution in [0.4, 0.5) is 0 Å².